The maximum atomic E-state index is 11.7. The number of hydrogen-bond donors (Lipinski definition) is 1. The first-order chi connectivity index (χ1) is 9.97. The molecule has 0 aliphatic heterocycles. The number of nitrogens with one attached hydrogen (secondary N) is 1. The fraction of sp³-hybridized carbons (Fsp3) is 0.250. The van der Waals surface area contributed by atoms with Crippen LogP contribution in [0.15, 0.2) is 48.0 Å². The highest BCUT2D eigenvalue weighted by Crippen LogP contribution is 2.21. The standard InChI is InChI=1S/C16H18N4O/c1-16(2,3)13-6-4-12(5-7-13)10-19-20-15(21)14-11-17-8-9-18-14/h4-11H,1-3H3,(H,20,21). The summed E-state index contributed by atoms with van der Waals surface area (Å²) >= 11 is 0. The van der Waals surface area contributed by atoms with E-state index >= 15 is 0 Å². The fourth-order valence-electron chi connectivity index (χ4n) is 1.71. The summed E-state index contributed by atoms with van der Waals surface area (Å²) in [7, 11) is 0. The van der Waals surface area contributed by atoms with Crippen molar-refractivity contribution in [3.8, 4) is 0 Å². The zero-order chi connectivity index (χ0) is 15.3. The molecule has 1 N–H and O–H groups in total. The molecular weight excluding hydrogens is 264 g/mol. The molecule has 1 aromatic heterocycles. The Balaban J connectivity index is 1.97. The molecule has 2 rings (SSSR count). The van der Waals surface area contributed by atoms with E-state index in [0.717, 1.165) is 5.56 Å². The lowest BCUT2D eigenvalue weighted by atomic mass is 9.87. The maximum Gasteiger partial charge on any atom is 0.291 e. The predicted molar refractivity (Wildman–Crippen MR) is 82.2 cm³/mol. The summed E-state index contributed by atoms with van der Waals surface area (Å²) in [5.41, 5.74) is 4.95. The first kappa shape index (κ1) is 14.8. The van der Waals surface area contributed by atoms with Gasteiger partial charge < -0.3 is 0 Å². The Morgan fingerprint density at radius 1 is 1.19 bits per heavy atom. The molecule has 0 aliphatic rings. The number of carbonyl (C=O) groups is 1. The first-order valence-corrected chi connectivity index (χ1v) is 6.67. The van der Waals surface area contributed by atoms with E-state index in [1.54, 1.807) is 6.21 Å². The molecule has 0 atom stereocenters. The van der Waals surface area contributed by atoms with Crippen molar-refractivity contribution in [1.82, 2.24) is 15.4 Å². The van der Waals surface area contributed by atoms with E-state index in [2.05, 4.69) is 53.4 Å². The molecule has 0 fully saturated rings. The highest BCUT2D eigenvalue weighted by Gasteiger charge is 2.12. The number of hydrazone groups is 1. The van der Waals surface area contributed by atoms with Crippen LogP contribution in [-0.4, -0.2) is 22.1 Å². The van der Waals surface area contributed by atoms with E-state index < -0.39 is 0 Å². The molecule has 0 unspecified atom stereocenters. The van der Waals surface area contributed by atoms with Gasteiger partial charge in [0.2, 0.25) is 0 Å². The summed E-state index contributed by atoms with van der Waals surface area (Å²) in [5.74, 6) is -0.384. The topological polar surface area (TPSA) is 67.2 Å². The van der Waals surface area contributed by atoms with Crippen LogP contribution in [0.4, 0.5) is 0 Å². The van der Waals surface area contributed by atoms with Gasteiger partial charge in [0.1, 0.15) is 5.69 Å². The van der Waals surface area contributed by atoms with Gasteiger partial charge in [-0.1, -0.05) is 45.0 Å². The largest absolute Gasteiger partial charge is 0.291 e. The Morgan fingerprint density at radius 3 is 2.48 bits per heavy atom. The highest BCUT2D eigenvalue weighted by molar-refractivity contribution is 5.92. The van der Waals surface area contributed by atoms with Gasteiger partial charge >= 0.3 is 0 Å². The van der Waals surface area contributed by atoms with Crippen molar-refractivity contribution in [3.63, 3.8) is 0 Å². The molecule has 0 bridgehead atoms. The van der Waals surface area contributed by atoms with E-state index in [1.807, 2.05) is 12.1 Å². The van der Waals surface area contributed by atoms with Crippen LogP contribution < -0.4 is 5.43 Å². The lowest BCUT2D eigenvalue weighted by molar-refractivity contribution is 0.0949. The molecule has 0 radical (unpaired) electrons. The smallest absolute Gasteiger partial charge is 0.265 e. The number of nitrogens with zero attached hydrogens (tertiary/aromatic N) is 3. The van der Waals surface area contributed by atoms with Gasteiger partial charge in [0.25, 0.3) is 5.91 Å². The lowest BCUT2D eigenvalue weighted by Gasteiger charge is -2.18. The summed E-state index contributed by atoms with van der Waals surface area (Å²) in [6.45, 7) is 6.49. The molecule has 0 saturated heterocycles. The Kier molecular flexibility index (Phi) is 4.42. The Hall–Kier alpha value is -2.56. The van der Waals surface area contributed by atoms with Crippen LogP contribution in [0.5, 0.6) is 0 Å². The quantitative estimate of drug-likeness (QED) is 0.695. The number of hydrogen-bond acceptors (Lipinski definition) is 4. The van der Waals surface area contributed by atoms with E-state index in [9.17, 15) is 4.79 Å². The van der Waals surface area contributed by atoms with Gasteiger partial charge in [-0.25, -0.2) is 10.4 Å². The number of carbonyl (C=O) groups excluding carboxylic acids is 1. The molecule has 108 valence electrons. The average molecular weight is 282 g/mol. The zero-order valence-electron chi connectivity index (χ0n) is 12.4. The number of rotatable bonds is 3. The Bertz CT molecular complexity index is 628. The highest BCUT2D eigenvalue weighted by atomic mass is 16.2. The predicted octanol–water partition coefficient (Wildman–Crippen LogP) is 2.54. The van der Waals surface area contributed by atoms with Crippen LogP contribution in [0, 0.1) is 0 Å². The molecule has 2 aromatic rings. The van der Waals surface area contributed by atoms with Crippen LogP contribution in [-0.2, 0) is 5.41 Å². The molecule has 21 heavy (non-hydrogen) atoms. The third-order valence-corrected chi connectivity index (χ3v) is 2.95. The maximum absolute atomic E-state index is 11.7. The molecule has 0 aliphatic carbocycles. The second kappa shape index (κ2) is 6.26. The van der Waals surface area contributed by atoms with Gasteiger partial charge in [-0.3, -0.25) is 9.78 Å². The fourth-order valence-corrected chi connectivity index (χ4v) is 1.71. The van der Waals surface area contributed by atoms with Gasteiger partial charge in [0, 0.05) is 12.4 Å². The number of benzene rings is 1. The number of amides is 1. The normalized spacial score (nSPS) is 11.6. The molecule has 5 nitrogen and oxygen atoms in total. The molecular formula is C16H18N4O. The molecule has 5 heteroatoms. The van der Waals surface area contributed by atoms with Crippen LogP contribution in [0.25, 0.3) is 0 Å². The average Bonchev–Trinajstić information content (AvgIpc) is 2.47. The van der Waals surface area contributed by atoms with Gasteiger partial charge in [-0.05, 0) is 16.5 Å². The van der Waals surface area contributed by atoms with Gasteiger partial charge in [-0.15, -0.1) is 0 Å². The monoisotopic (exact) mass is 282 g/mol. The van der Waals surface area contributed by atoms with Crippen LogP contribution in [0.3, 0.4) is 0 Å². The summed E-state index contributed by atoms with van der Waals surface area (Å²) < 4.78 is 0. The van der Waals surface area contributed by atoms with Crippen LogP contribution in [0.1, 0.15) is 42.4 Å². The minimum absolute atomic E-state index is 0.121. The molecule has 0 saturated carbocycles. The second-order valence-electron chi connectivity index (χ2n) is 5.66. The lowest BCUT2D eigenvalue weighted by Crippen LogP contribution is -2.19. The molecule has 0 spiro atoms. The van der Waals surface area contributed by atoms with E-state index in [1.165, 1.54) is 24.2 Å². The molecule has 1 aromatic carbocycles. The van der Waals surface area contributed by atoms with E-state index in [4.69, 9.17) is 0 Å². The summed E-state index contributed by atoms with van der Waals surface area (Å²) in [4.78, 5) is 19.4. The summed E-state index contributed by atoms with van der Waals surface area (Å²) in [6, 6.07) is 8.06. The van der Waals surface area contributed by atoms with Crippen molar-refractivity contribution in [3.05, 3.63) is 59.7 Å². The first-order valence-electron chi connectivity index (χ1n) is 6.67. The van der Waals surface area contributed by atoms with Crippen molar-refractivity contribution in [2.24, 2.45) is 5.10 Å². The SMILES string of the molecule is CC(C)(C)c1ccc(C=NNC(=O)c2cnccn2)cc1. The molecule has 1 heterocycles. The van der Waals surface area contributed by atoms with E-state index in [-0.39, 0.29) is 17.0 Å². The number of aromatic nitrogens is 2. The second-order valence-corrected chi connectivity index (χ2v) is 5.66. The molecule has 1 amide bonds. The summed E-state index contributed by atoms with van der Waals surface area (Å²) in [6.07, 6.45) is 5.96. The summed E-state index contributed by atoms with van der Waals surface area (Å²) in [5, 5.41) is 3.92. The van der Waals surface area contributed by atoms with Crippen LogP contribution >= 0.6 is 0 Å². The third-order valence-electron chi connectivity index (χ3n) is 2.95. The minimum Gasteiger partial charge on any atom is -0.265 e. The van der Waals surface area contributed by atoms with Crippen LogP contribution in [0.2, 0.25) is 0 Å². The van der Waals surface area contributed by atoms with Crippen molar-refractivity contribution in [2.75, 3.05) is 0 Å². The van der Waals surface area contributed by atoms with Gasteiger partial charge in [-0.2, -0.15) is 5.10 Å². The minimum atomic E-state index is -0.384. The van der Waals surface area contributed by atoms with Gasteiger partial charge in [0.15, 0.2) is 0 Å². The van der Waals surface area contributed by atoms with Gasteiger partial charge in [0.05, 0.1) is 12.4 Å². The Labute approximate surface area is 124 Å². The van der Waals surface area contributed by atoms with Crippen molar-refractivity contribution in [2.45, 2.75) is 26.2 Å². The van der Waals surface area contributed by atoms with Crippen molar-refractivity contribution in [1.29, 1.82) is 0 Å². The van der Waals surface area contributed by atoms with Crippen molar-refractivity contribution < 1.29 is 4.79 Å². The van der Waals surface area contributed by atoms with Crippen molar-refractivity contribution >= 4 is 12.1 Å². The van der Waals surface area contributed by atoms with E-state index in [0.29, 0.717) is 0 Å². The Morgan fingerprint density at radius 2 is 1.90 bits per heavy atom. The zero-order valence-corrected chi connectivity index (χ0v) is 12.4. The third kappa shape index (κ3) is 4.21.